The lowest BCUT2D eigenvalue weighted by Gasteiger charge is -2.36. The second-order valence-electron chi connectivity index (χ2n) is 19.0. The number of hydrogen-bond acceptors (Lipinski definition) is 14. The molecule has 18 nitrogen and oxygen atoms in total. The van der Waals surface area contributed by atoms with Crippen LogP contribution in [0.25, 0.3) is 10.4 Å². The molecule has 4 unspecified atom stereocenters. The van der Waals surface area contributed by atoms with Gasteiger partial charge in [0.05, 0.1) is 48.1 Å². The molecule has 5 N–H and O–H groups in total. The second kappa shape index (κ2) is 23.5. The average molecular weight is 1050 g/mol. The molecule has 21 heteroatoms. The van der Waals surface area contributed by atoms with Crippen LogP contribution in [0.3, 0.4) is 0 Å². The van der Waals surface area contributed by atoms with Crippen molar-refractivity contribution < 1.29 is 33.8 Å². The Balaban J connectivity index is 0.854. The fourth-order valence-corrected chi connectivity index (χ4v) is 10.1. The molecular weight excluding hydrogens is 982 g/mol. The van der Waals surface area contributed by atoms with E-state index in [1.807, 2.05) is 88.7 Å². The van der Waals surface area contributed by atoms with Gasteiger partial charge < -0.3 is 45.6 Å². The molecule has 7 rings (SSSR count). The Morgan fingerprint density at radius 2 is 1.58 bits per heavy atom. The van der Waals surface area contributed by atoms with Crippen LogP contribution < -0.4 is 40.5 Å². The van der Waals surface area contributed by atoms with E-state index in [2.05, 4.69) is 46.0 Å². The molecule has 2 aliphatic rings. The standard InChI is InChI=1S/C51H63Cl2N11O7S/c1-30(32-11-13-33(14-12-32)46-31(2)56-29-72-46)57-48(67)37-24-36(65)27-64(37)49(68)47(51(3,4)5)59-42(66)10-9-19-62-20-22-63(23-21-62)35-17-15-34(16-18-35)58-40-26-41(55-28-54-40)61(6)50(69)60-45-43(52)38(70-7)25-39(71-8)44(45)53/h11-18,25-26,28-30,36-37,47,65H,9-10,19-24,27H2,1-8H3,(H,57,67)(H,59,66)(H,60,69)(H,54,55,58). The molecule has 2 aliphatic heterocycles. The van der Waals surface area contributed by atoms with Gasteiger partial charge in [0.2, 0.25) is 17.7 Å². The number of carbonyl (C=O) groups excluding carboxylic acids is 4. The van der Waals surface area contributed by atoms with Gasteiger partial charge >= 0.3 is 6.03 Å². The maximum Gasteiger partial charge on any atom is 0.327 e. The predicted molar refractivity (Wildman–Crippen MR) is 283 cm³/mol. The number of piperazine rings is 1. The summed E-state index contributed by atoms with van der Waals surface area (Å²) in [4.78, 5) is 76.1. The van der Waals surface area contributed by atoms with Gasteiger partial charge in [0.1, 0.15) is 51.6 Å². The van der Waals surface area contributed by atoms with Gasteiger partial charge in [-0.3, -0.25) is 24.2 Å². The number of aliphatic hydroxyl groups is 1. The van der Waals surface area contributed by atoms with Crippen LogP contribution >= 0.6 is 34.5 Å². The van der Waals surface area contributed by atoms with E-state index in [4.69, 9.17) is 32.7 Å². The van der Waals surface area contributed by atoms with Crippen LogP contribution in [0, 0.1) is 12.3 Å². The minimum absolute atomic E-state index is 0.00634. The van der Waals surface area contributed by atoms with Crippen molar-refractivity contribution >= 4 is 87.0 Å². The van der Waals surface area contributed by atoms with Gasteiger partial charge in [-0.05, 0) is 67.6 Å². The van der Waals surface area contributed by atoms with Gasteiger partial charge in [-0.1, -0.05) is 68.2 Å². The van der Waals surface area contributed by atoms with Crippen molar-refractivity contribution in [3.63, 3.8) is 0 Å². The summed E-state index contributed by atoms with van der Waals surface area (Å²) in [5.74, 6) is 0.376. The van der Waals surface area contributed by atoms with Crippen molar-refractivity contribution in [3.05, 3.63) is 93.8 Å². The summed E-state index contributed by atoms with van der Waals surface area (Å²) in [7, 11) is 4.44. The van der Waals surface area contributed by atoms with Gasteiger partial charge in [0.15, 0.2) is 0 Å². The number of carbonyl (C=O) groups is 4. The maximum atomic E-state index is 14.2. The molecule has 2 fully saturated rings. The summed E-state index contributed by atoms with van der Waals surface area (Å²) < 4.78 is 10.6. The summed E-state index contributed by atoms with van der Waals surface area (Å²) in [6.45, 7) is 13.5. The number of nitrogens with one attached hydrogen (secondary N) is 4. The molecule has 0 radical (unpaired) electrons. The van der Waals surface area contributed by atoms with Crippen molar-refractivity contribution in [1.82, 2.24) is 35.4 Å². The highest BCUT2D eigenvalue weighted by molar-refractivity contribution is 7.13. The summed E-state index contributed by atoms with van der Waals surface area (Å²) >= 11 is 14.5. The van der Waals surface area contributed by atoms with Crippen molar-refractivity contribution in [2.45, 2.75) is 78.1 Å². The third-order valence-electron chi connectivity index (χ3n) is 12.9. The van der Waals surface area contributed by atoms with E-state index in [-0.39, 0.29) is 70.4 Å². The van der Waals surface area contributed by atoms with Crippen LogP contribution in [0.15, 0.2) is 72.5 Å². The van der Waals surface area contributed by atoms with E-state index in [0.717, 1.165) is 65.8 Å². The molecular formula is C51H63Cl2N11O7S. The number of aromatic nitrogens is 3. The fourth-order valence-electron chi connectivity index (χ4n) is 8.73. The lowest BCUT2D eigenvalue weighted by atomic mass is 9.85. The smallest absolute Gasteiger partial charge is 0.327 e. The van der Waals surface area contributed by atoms with Crippen LogP contribution in [-0.4, -0.2) is 132 Å². The first-order chi connectivity index (χ1) is 34.3. The molecule has 0 saturated carbocycles. The van der Waals surface area contributed by atoms with Crippen LogP contribution in [0.5, 0.6) is 11.5 Å². The normalized spacial score (nSPS) is 16.9. The minimum Gasteiger partial charge on any atom is -0.495 e. The van der Waals surface area contributed by atoms with Crippen LogP contribution in [0.4, 0.5) is 33.5 Å². The largest absolute Gasteiger partial charge is 0.495 e. The molecule has 0 aliphatic carbocycles. The fraction of sp³-hybridized carbons (Fsp3) is 0.431. The first kappa shape index (κ1) is 53.5. The summed E-state index contributed by atoms with van der Waals surface area (Å²) in [6, 6.07) is 16.5. The quantitative estimate of drug-likeness (QED) is 0.0601. The first-order valence-electron chi connectivity index (χ1n) is 23.7. The number of halogens is 2. The van der Waals surface area contributed by atoms with Gasteiger partial charge in [-0.15, -0.1) is 11.3 Å². The Kier molecular flexibility index (Phi) is 17.5. The van der Waals surface area contributed by atoms with Crippen molar-refractivity contribution in [1.29, 1.82) is 0 Å². The second-order valence-corrected chi connectivity index (χ2v) is 20.6. The van der Waals surface area contributed by atoms with Gasteiger partial charge in [0.25, 0.3) is 0 Å². The third kappa shape index (κ3) is 12.9. The van der Waals surface area contributed by atoms with Gasteiger partial charge in [-0.25, -0.2) is 19.7 Å². The molecule has 5 amide bonds. The molecule has 4 atom stereocenters. The molecule has 2 saturated heterocycles. The molecule has 5 aromatic rings. The number of β-amino-alcohol motifs (C(OH)–C–C–N with tert-alkyl or cyclic N) is 1. The van der Waals surface area contributed by atoms with E-state index < -0.39 is 29.6 Å². The Morgan fingerprint density at radius 1 is 0.917 bits per heavy atom. The minimum atomic E-state index is -0.896. The van der Waals surface area contributed by atoms with E-state index in [1.54, 1.807) is 24.5 Å². The number of anilines is 5. The number of likely N-dealkylation sites (tertiary alicyclic amines) is 1. The summed E-state index contributed by atoms with van der Waals surface area (Å²) in [5.41, 5.74) is 6.08. The Labute approximate surface area is 434 Å². The number of hydrogen-bond donors (Lipinski definition) is 5. The van der Waals surface area contributed by atoms with Crippen LogP contribution in [-0.2, 0) is 14.4 Å². The van der Waals surface area contributed by atoms with Crippen molar-refractivity contribution in [2.75, 3.05) is 81.0 Å². The average Bonchev–Trinajstić information content (AvgIpc) is 3.99. The molecule has 0 spiro atoms. The predicted octanol–water partition coefficient (Wildman–Crippen LogP) is 7.92. The molecule has 384 valence electrons. The number of benzene rings is 3. The zero-order chi connectivity index (χ0) is 51.9. The molecule has 3 aromatic carbocycles. The SMILES string of the molecule is COc1cc(OC)c(Cl)c(NC(=O)N(C)c2cc(Nc3ccc(N4CCN(CCCC(=O)NC(C(=O)N5CC(O)CC5C(=O)NC(C)c5ccc(-c6scnc6C)cc5)C(C)(C)C)CC4)cc3)ncn2)c1Cl. The van der Waals surface area contributed by atoms with E-state index >= 15 is 0 Å². The van der Waals surface area contributed by atoms with Crippen LogP contribution in [0.1, 0.15) is 64.3 Å². The first-order valence-corrected chi connectivity index (χ1v) is 25.4. The zero-order valence-electron chi connectivity index (χ0n) is 41.8. The zero-order valence-corrected chi connectivity index (χ0v) is 44.1. The maximum absolute atomic E-state index is 14.2. The number of thiazole rings is 1. The Bertz CT molecular complexity index is 2690. The van der Waals surface area contributed by atoms with Crippen LogP contribution in [0.2, 0.25) is 10.0 Å². The molecule has 0 bridgehead atoms. The number of urea groups is 1. The van der Waals surface area contributed by atoms with Gasteiger partial charge in [-0.2, -0.15) is 0 Å². The molecule has 4 heterocycles. The van der Waals surface area contributed by atoms with Gasteiger partial charge in [0, 0.05) is 76.1 Å². The lowest BCUT2D eigenvalue weighted by molar-refractivity contribution is -0.144. The Morgan fingerprint density at radius 3 is 2.19 bits per heavy atom. The number of amides is 5. The number of rotatable bonds is 17. The highest BCUT2D eigenvalue weighted by Crippen LogP contribution is 2.44. The topological polar surface area (TPSA) is 207 Å². The monoisotopic (exact) mass is 1040 g/mol. The molecule has 72 heavy (non-hydrogen) atoms. The highest BCUT2D eigenvalue weighted by atomic mass is 35.5. The van der Waals surface area contributed by atoms with Crippen molar-refractivity contribution in [2.24, 2.45) is 5.41 Å². The number of methoxy groups -OCH3 is 2. The number of ether oxygens (including phenoxy) is 2. The number of nitrogens with zero attached hydrogens (tertiary/aromatic N) is 7. The number of aliphatic hydroxyl groups excluding tert-OH is 1. The third-order valence-corrected chi connectivity index (χ3v) is 14.7. The van der Waals surface area contributed by atoms with E-state index in [9.17, 15) is 24.3 Å². The Hall–Kier alpha value is -6.25. The summed E-state index contributed by atoms with van der Waals surface area (Å²) in [5, 5.41) is 23.0. The molecule has 2 aromatic heterocycles. The highest BCUT2D eigenvalue weighted by Gasteiger charge is 2.44. The van der Waals surface area contributed by atoms with E-state index in [0.29, 0.717) is 18.1 Å². The number of aryl methyl sites for hydroxylation is 1. The van der Waals surface area contributed by atoms with E-state index in [1.165, 1.54) is 36.4 Å². The van der Waals surface area contributed by atoms with Crippen molar-refractivity contribution in [3.8, 4) is 21.9 Å². The summed E-state index contributed by atoms with van der Waals surface area (Å²) in [6.07, 6.45) is 1.45. The lowest BCUT2D eigenvalue weighted by Crippen LogP contribution is -2.57.